The Hall–Kier alpha value is -0.860. The fraction of sp³-hybridized carbons (Fsp3) is 0.556. The van der Waals surface area contributed by atoms with Gasteiger partial charge in [0.15, 0.2) is 0 Å². The van der Waals surface area contributed by atoms with Crippen LogP contribution in [0, 0.1) is 0 Å². The molecule has 0 amide bonds. The van der Waals surface area contributed by atoms with Crippen LogP contribution in [0.3, 0.4) is 0 Å². The number of rotatable bonds is 3. The van der Waals surface area contributed by atoms with Crippen LogP contribution in [0.1, 0.15) is 20.8 Å². The third-order valence-electron chi connectivity index (χ3n) is 1.58. The molecular weight excluding hydrogens is 160 g/mol. The lowest BCUT2D eigenvalue weighted by Crippen LogP contribution is -2.21. The van der Waals surface area contributed by atoms with E-state index in [2.05, 4.69) is 11.9 Å². The Bertz CT molecular complexity index is 207. The van der Waals surface area contributed by atoms with Crippen LogP contribution in [0.5, 0.6) is 0 Å². The smallest absolute Gasteiger partial charge is 0.271 e. The van der Waals surface area contributed by atoms with Gasteiger partial charge >= 0.3 is 0 Å². The van der Waals surface area contributed by atoms with Crippen molar-refractivity contribution in [1.82, 2.24) is 5.32 Å². The molecule has 0 unspecified atom stereocenters. The van der Waals surface area contributed by atoms with Gasteiger partial charge in [0, 0.05) is 25.2 Å². The quantitative estimate of drug-likeness (QED) is 0.650. The van der Waals surface area contributed by atoms with Crippen molar-refractivity contribution in [1.29, 1.82) is 0 Å². The molecule has 0 radical (unpaired) electrons. The van der Waals surface area contributed by atoms with Gasteiger partial charge in [0.1, 0.15) is 0 Å². The molecule has 0 saturated carbocycles. The highest BCUT2D eigenvalue weighted by Crippen LogP contribution is 2.27. The first-order chi connectivity index (χ1) is 5.30. The van der Waals surface area contributed by atoms with Gasteiger partial charge in [-0.3, -0.25) is 0 Å². The van der Waals surface area contributed by atoms with Gasteiger partial charge in [-0.2, -0.15) is 0 Å². The molecule has 0 fully saturated rings. The molecule has 70 valence electrons. The summed E-state index contributed by atoms with van der Waals surface area (Å²) in [5.41, 5.74) is 1.08. The number of nitrogens with one attached hydrogen (secondary N) is 1. The average molecular weight is 175 g/mol. The monoisotopic (exact) mass is 175 g/mol. The lowest BCUT2D eigenvalue weighted by Gasteiger charge is -2.18. The molecule has 0 aliphatic heterocycles. The fourth-order valence-corrected chi connectivity index (χ4v) is 0.922. The zero-order valence-corrected chi connectivity index (χ0v) is 7.96. The summed E-state index contributed by atoms with van der Waals surface area (Å²) in [6, 6.07) is 0. The number of alkyl halides is 2. The van der Waals surface area contributed by atoms with Crippen LogP contribution in [-0.2, 0) is 0 Å². The van der Waals surface area contributed by atoms with Crippen molar-refractivity contribution in [2.75, 3.05) is 7.05 Å². The summed E-state index contributed by atoms with van der Waals surface area (Å²) in [7, 11) is 1.61. The largest absolute Gasteiger partial charge is 0.388 e. The van der Waals surface area contributed by atoms with E-state index in [1.54, 1.807) is 20.9 Å². The second-order valence-electron chi connectivity index (χ2n) is 2.99. The highest BCUT2D eigenvalue weighted by molar-refractivity contribution is 5.34. The SMILES string of the molecule is C=C(C(NC)=C(C)C)C(C)(F)F. The predicted octanol–water partition coefficient (Wildman–Crippen LogP) is 2.71. The Kier molecular flexibility index (Phi) is 3.43. The van der Waals surface area contributed by atoms with Crippen LogP contribution in [0.25, 0.3) is 0 Å². The Morgan fingerprint density at radius 1 is 1.33 bits per heavy atom. The van der Waals surface area contributed by atoms with Crippen molar-refractivity contribution in [3.05, 3.63) is 23.4 Å². The second kappa shape index (κ2) is 3.70. The molecule has 0 aromatic carbocycles. The summed E-state index contributed by atoms with van der Waals surface area (Å²) in [4.78, 5) is 0. The van der Waals surface area contributed by atoms with Crippen LogP contribution in [0.15, 0.2) is 23.4 Å². The van der Waals surface area contributed by atoms with E-state index in [1.165, 1.54) is 0 Å². The van der Waals surface area contributed by atoms with Crippen molar-refractivity contribution >= 4 is 0 Å². The third-order valence-corrected chi connectivity index (χ3v) is 1.58. The fourth-order valence-electron chi connectivity index (χ4n) is 0.922. The first kappa shape index (κ1) is 11.1. The average Bonchev–Trinajstić information content (AvgIpc) is 1.86. The topological polar surface area (TPSA) is 12.0 Å². The zero-order valence-electron chi connectivity index (χ0n) is 7.96. The minimum Gasteiger partial charge on any atom is -0.388 e. The summed E-state index contributed by atoms with van der Waals surface area (Å²) in [5, 5.41) is 2.71. The van der Waals surface area contributed by atoms with Gasteiger partial charge in [0.05, 0.1) is 0 Å². The molecule has 1 nitrogen and oxygen atoms in total. The first-order valence-electron chi connectivity index (χ1n) is 3.73. The summed E-state index contributed by atoms with van der Waals surface area (Å²) in [5.74, 6) is -2.85. The van der Waals surface area contributed by atoms with E-state index in [0.717, 1.165) is 12.5 Å². The predicted molar refractivity (Wildman–Crippen MR) is 47.2 cm³/mol. The van der Waals surface area contributed by atoms with Crippen molar-refractivity contribution in [3.63, 3.8) is 0 Å². The van der Waals surface area contributed by atoms with E-state index in [0.29, 0.717) is 5.70 Å². The zero-order chi connectivity index (χ0) is 9.94. The molecule has 0 spiro atoms. The molecule has 0 aliphatic rings. The number of hydrogen-bond donors (Lipinski definition) is 1. The van der Waals surface area contributed by atoms with Crippen LogP contribution in [-0.4, -0.2) is 13.0 Å². The molecule has 0 aromatic heterocycles. The van der Waals surface area contributed by atoms with Gasteiger partial charge in [-0.05, 0) is 13.8 Å². The van der Waals surface area contributed by atoms with Crippen LogP contribution in [0.2, 0.25) is 0 Å². The second-order valence-corrected chi connectivity index (χ2v) is 2.99. The van der Waals surface area contributed by atoms with E-state index >= 15 is 0 Å². The van der Waals surface area contributed by atoms with Crippen LogP contribution in [0.4, 0.5) is 8.78 Å². The molecule has 0 heterocycles. The molecule has 0 bridgehead atoms. The van der Waals surface area contributed by atoms with Gasteiger partial charge in [0.2, 0.25) is 0 Å². The molecule has 0 aliphatic carbocycles. The minimum absolute atomic E-state index is 0.162. The summed E-state index contributed by atoms with van der Waals surface area (Å²) in [6.07, 6.45) is 0. The lowest BCUT2D eigenvalue weighted by atomic mass is 10.1. The van der Waals surface area contributed by atoms with E-state index in [9.17, 15) is 8.78 Å². The van der Waals surface area contributed by atoms with Gasteiger partial charge in [-0.1, -0.05) is 12.2 Å². The highest BCUT2D eigenvalue weighted by Gasteiger charge is 2.28. The number of hydrogen-bond acceptors (Lipinski definition) is 1. The van der Waals surface area contributed by atoms with Gasteiger partial charge in [-0.15, -0.1) is 0 Å². The number of allylic oxidation sites excluding steroid dienone is 2. The van der Waals surface area contributed by atoms with Crippen molar-refractivity contribution < 1.29 is 8.78 Å². The van der Waals surface area contributed by atoms with E-state index < -0.39 is 5.92 Å². The summed E-state index contributed by atoms with van der Waals surface area (Å²) >= 11 is 0. The normalized spacial score (nSPS) is 10.8. The maximum Gasteiger partial charge on any atom is 0.271 e. The lowest BCUT2D eigenvalue weighted by molar-refractivity contribution is 0.0655. The summed E-state index contributed by atoms with van der Waals surface area (Å²) in [6.45, 7) is 7.72. The molecule has 0 saturated heterocycles. The molecule has 12 heavy (non-hydrogen) atoms. The highest BCUT2D eigenvalue weighted by atomic mass is 19.3. The molecule has 1 N–H and O–H groups in total. The Labute approximate surface area is 72.2 Å². The van der Waals surface area contributed by atoms with Crippen molar-refractivity contribution in [2.45, 2.75) is 26.7 Å². The van der Waals surface area contributed by atoms with Crippen molar-refractivity contribution in [3.8, 4) is 0 Å². The Morgan fingerprint density at radius 2 is 1.75 bits per heavy atom. The van der Waals surface area contributed by atoms with E-state index in [-0.39, 0.29) is 5.57 Å². The molecule has 0 aromatic rings. The molecule has 0 atom stereocenters. The Morgan fingerprint density at radius 3 is 1.83 bits per heavy atom. The maximum absolute atomic E-state index is 12.7. The molecule has 3 heteroatoms. The van der Waals surface area contributed by atoms with Crippen LogP contribution >= 0.6 is 0 Å². The van der Waals surface area contributed by atoms with Crippen molar-refractivity contribution in [2.24, 2.45) is 0 Å². The van der Waals surface area contributed by atoms with E-state index in [4.69, 9.17) is 0 Å². The van der Waals surface area contributed by atoms with Crippen LogP contribution < -0.4 is 5.32 Å². The standard InChI is InChI=1S/C9H15F2N/c1-6(2)8(12-5)7(3)9(4,10)11/h12H,3H2,1-2,4-5H3. The minimum atomic E-state index is -2.85. The summed E-state index contributed by atoms with van der Waals surface area (Å²) < 4.78 is 25.5. The number of halogens is 2. The maximum atomic E-state index is 12.7. The Balaban J connectivity index is 4.81. The third kappa shape index (κ3) is 2.64. The molecule has 0 rings (SSSR count). The number of likely N-dealkylation sites (N-methyl/N-ethyl adjacent to an activating group) is 1. The van der Waals surface area contributed by atoms with E-state index in [1.807, 2.05) is 0 Å². The van der Waals surface area contributed by atoms with Gasteiger partial charge < -0.3 is 5.32 Å². The van der Waals surface area contributed by atoms with Gasteiger partial charge in [-0.25, -0.2) is 8.78 Å². The first-order valence-corrected chi connectivity index (χ1v) is 3.73. The van der Waals surface area contributed by atoms with Gasteiger partial charge in [0.25, 0.3) is 5.92 Å². The molecular formula is C9H15F2N.